The number of ether oxygens (including phenoxy) is 1. The Labute approximate surface area is 127 Å². The summed E-state index contributed by atoms with van der Waals surface area (Å²) in [6.07, 6.45) is 3.85. The molecule has 1 saturated heterocycles. The van der Waals surface area contributed by atoms with Gasteiger partial charge in [-0.1, -0.05) is 43.3 Å². The number of hydrogen-bond acceptors (Lipinski definition) is 2. The highest BCUT2D eigenvalue weighted by Gasteiger charge is 2.15. The lowest BCUT2D eigenvalue weighted by Crippen LogP contribution is -2.35. The van der Waals surface area contributed by atoms with Gasteiger partial charge in [-0.3, -0.25) is 0 Å². The lowest BCUT2D eigenvalue weighted by Gasteiger charge is -2.30. The molecule has 0 radical (unpaired) electrons. The molecule has 0 aromatic heterocycles. The maximum Gasteiger partial charge on any atom is 0.127 e. The molecular weight excluding hydrogens is 258 g/mol. The lowest BCUT2D eigenvalue weighted by molar-refractivity contribution is 0.170. The van der Waals surface area contributed by atoms with Crippen LogP contribution in [0.15, 0.2) is 42.5 Å². The van der Waals surface area contributed by atoms with E-state index in [4.69, 9.17) is 4.74 Å². The van der Waals surface area contributed by atoms with Gasteiger partial charge in [-0.2, -0.15) is 0 Å². The fourth-order valence-electron chi connectivity index (χ4n) is 3.28. The summed E-state index contributed by atoms with van der Waals surface area (Å²) in [4.78, 5) is 2.58. The third-order valence-corrected chi connectivity index (χ3v) is 4.37. The third kappa shape index (κ3) is 3.76. The van der Waals surface area contributed by atoms with Crippen molar-refractivity contribution in [1.82, 2.24) is 4.90 Å². The SMILES string of the molecule is C[C@H]1CCCN(CCCOc2cccc3ccccc23)C1. The van der Waals surface area contributed by atoms with Gasteiger partial charge in [-0.05, 0) is 43.2 Å². The number of nitrogens with zero attached hydrogens (tertiary/aromatic N) is 1. The Morgan fingerprint density at radius 1 is 1.14 bits per heavy atom. The van der Waals surface area contributed by atoms with Gasteiger partial charge in [0.2, 0.25) is 0 Å². The van der Waals surface area contributed by atoms with Crippen LogP contribution in [0.4, 0.5) is 0 Å². The monoisotopic (exact) mass is 283 g/mol. The highest BCUT2D eigenvalue weighted by atomic mass is 16.5. The van der Waals surface area contributed by atoms with Crippen LogP contribution in [-0.4, -0.2) is 31.1 Å². The van der Waals surface area contributed by atoms with Crippen molar-refractivity contribution in [2.75, 3.05) is 26.2 Å². The van der Waals surface area contributed by atoms with Crippen LogP contribution in [0.25, 0.3) is 10.8 Å². The van der Waals surface area contributed by atoms with Crippen molar-refractivity contribution in [1.29, 1.82) is 0 Å². The second-order valence-electron chi connectivity index (χ2n) is 6.23. The van der Waals surface area contributed by atoms with Crippen molar-refractivity contribution in [3.05, 3.63) is 42.5 Å². The summed E-state index contributed by atoms with van der Waals surface area (Å²) in [7, 11) is 0. The van der Waals surface area contributed by atoms with E-state index < -0.39 is 0 Å². The molecule has 0 aliphatic carbocycles. The molecule has 2 aromatic carbocycles. The lowest BCUT2D eigenvalue weighted by atomic mass is 10.0. The highest BCUT2D eigenvalue weighted by molar-refractivity contribution is 5.88. The van der Waals surface area contributed by atoms with Crippen LogP contribution in [-0.2, 0) is 0 Å². The van der Waals surface area contributed by atoms with Crippen LogP contribution < -0.4 is 4.74 Å². The summed E-state index contributed by atoms with van der Waals surface area (Å²) >= 11 is 0. The Balaban J connectivity index is 1.50. The first-order chi connectivity index (χ1) is 10.3. The normalized spacial score (nSPS) is 19.8. The molecule has 0 amide bonds. The molecule has 0 spiro atoms. The average Bonchev–Trinajstić information content (AvgIpc) is 2.52. The van der Waals surface area contributed by atoms with Crippen molar-refractivity contribution < 1.29 is 4.74 Å². The average molecular weight is 283 g/mol. The van der Waals surface area contributed by atoms with Gasteiger partial charge < -0.3 is 9.64 Å². The largest absolute Gasteiger partial charge is 0.493 e. The topological polar surface area (TPSA) is 12.5 Å². The zero-order valence-corrected chi connectivity index (χ0v) is 12.9. The fraction of sp³-hybridized carbons (Fsp3) is 0.474. The molecular formula is C19H25NO. The van der Waals surface area contributed by atoms with Crippen molar-refractivity contribution >= 4 is 10.8 Å². The van der Waals surface area contributed by atoms with Crippen molar-refractivity contribution in [2.45, 2.75) is 26.2 Å². The van der Waals surface area contributed by atoms with Gasteiger partial charge in [0.15, 0.2) is 0 Å². The molecule has 3 rings (SSSR count). The first-order valence-corrected chi connectivity index (χ1v) is 8.16. The molecule has 2 aromatic rings. The van der Waals surface area contributed by atoms with E-state index in [2.05, 4.69) is 54.3 Å². The smallest absolute Gasteiger partial charge is 0.127 e. The number of rotatable bonds is 5. The van der Waals surface area contributed by atoms with Crippen molar-refractivity contribution in [2.24, 2.45) is 5.92 Å². The van der Waals surface area contributed by atoms with Gasteiger partial charge >= 0.3 is 0 Å². The molecule has 0 saturated carbocycles. The maximum atomic E-state index is 6.01. The second-order valence-corrected chi connectivity index (χ2v) is 6.23. The van der Waals surface area contributed by atoms with E-state index in [0.717, 1.165) is 31.2 Å². The van der Waals surface area contributed by atoms with E-state index in [9.17, 15) is 0 Å². The molecule has 112 valence electrons. The van der Waals surface area contributed by atoms with Crippen LogP contribution in [0.2, 0.25) is 0 Å². The van der Waals surface area contributed by atoms with Gasteiger partial charge in [-0.15, -0.1) is 0 Å². The molecule has 1 heterocycles. The van der Waals surface area contributed by atoms with Crippen LogP contribution in [0.5, 0.6) is 5.75 Å². The quantitative estimate of drug-likeness (QED) is 0.757. The number of fused-ring (bicyclic) bond motifs is 1. The summed E-state index contributed by atoms with van der Waals surface area (Å²) in [5.74, 6) is 1.87. The third-order valence-electron chi connectivity index (χ3n) is 4.37. The van der Waals surface area contributed by atoms with Crippen LogP contribution >= 0.6 is 0 Å². The van der Waals surface area contributed by atoms with E-state index in [1.165, 1.54) is 36.7 Å². The molecule has 0 N–H and O–H groups in total. The van der Waals surface area contributed by atoms with E-state index in [1.807, 2.05) is 0 Å². The van der Waals surface area contributed by atoms with Crippen LogP contribution in [0.3, 0.4) is 0 Å². The van der Waals surface area contributed by atoms with Gasteiger partial charge in [-0.25, -0.2) is 0 Å². The number of benzene rings is 2. The first kappa shape index (κ1) is 14.4. The van der Waals surface area contributed by atoms with Gasteiger partial charge in [0.05, 0.1) is 6.61 Å². The predicted octanol–water partition coefficient (Wildman–Crippen LogP) is 4.34. The standard InChI is InChI=1S/C19H25NO/c1-16-7-5-12-20(15-16)13-6-14-21-19-11-4-9-17-8-2-3-10-18(17)19/h2-4,8-11,16H,5-7,12-15H2,1H3/t16-/m0/s1. The minimum atomic E-state index is 0.804. The Morgan fingerprint density at radius 2 is 2.00 bits per heavy atom. The molecule has 2 heteroatoms. The van der Waals surface area contributed by atoms with E-state index in [0.29, 0.717) is 0 Å². The second kappa shape index (κ2) is 6.95. The van der Waals surface area contributed by atoms with E-state index in [1.54, 1.807) is 0 Å². The number of piperidine rings is 1. The van der Waals surface area contributed by atoms with E-state index >= 15 is 0 Å². The van der Waals surface area contributed by atoms with Gasteiger partial charge in [0, 0.05) is 18.5 Å². The van der Waals surface area contributed by atoms with E-state index in [-0.39, 0.29) is 0 Å². The summed E-state index contributed by atoms with van der Waals surface area (Å²) in [5.41, 5.74) is 0. The molecule has 1 aliphatic heterocycles. The summed E-state index contributed by atoms with van der Waals surface area (Å²) in [6, 6.07) is 14.7. The Bertz CT molecular complexity index is 575. The van der Waals surface area contributed by atoms with Crippen LogP contribution in [0, 0.1) is 5.92 Å². The zero-order valence-electron chi connectivity index (χ0n) is 12.9. The summed E-state index contributed by atoms with van der Waals surface area (Å²) in [5, 5.41) is 2.46. The highest BCUT2D eigenvalue weighted by Crippen LogP contribution is 2.25. The molecule has 1 fully saturated rings. The van der Waals surface area contributed by atoms with Crippen LogP contribution in [0.1, 0.15) is 26.2 Å². The minimum absolute atomic E-state index is 0.804. The Kier molecular flexibility index (Phi) is 4.76. The van der Waals surface area contributed by atoms with Crippen molar-refractivity contribution in [3.8, 4) is 5.75 Å². The first-order valence-electron chi connectivity index (χ1n) is 8.16. The van der Waals surface area contributed by atoms with Crippen molar-refractivity contribution in [3.63, 3.8) is 0 Å². The molecule has 0 unspecified atom stereocenters. The summed E-state index contributed by atoms with van der Waals surface area (Å²) < 4.78 is 6.01. The molecule has 21 heavy (non-hydrogen) atoms. The van der Waals surface area contributed by atoms with Gasteiger partial charge in [0.1, 0.15) is 5.75 Å². The molecule has 1 aliphatic rings. The molecule has 0 bridgehead atoms. The van der Waals surface area contributed by atoms with Gasteiger partial charge in [0.25, 0.3) is 0 Å². The Hall–Kier alpha value is -1.54. The minimum Gasteiger partial charge on any atom is -0.493 e. The number of likely N-dealkylation sites (tertiary alicyclic amines) is 1. The number of hydrogen-bond donors (Lipinski definition) is 0. The molecule has 1 atom stereocenters. The fourth-order valence-corrected chi connectivity index (χ4v) is 3.28. The zero-order chi connectivity index (χ0) is 14.5. The summed E-state index contributed by atoms with van der Waals surface area (Å²) in [6.45, 7) is 6.85. The predicted molar refractivity (Wildman–Crippen MR) is 88.9 cm³/mol. The Morgan fingerprint density at radius 3 is 2.90 bits per heavy atom. The molecule has 2 nitrogen and oxygen atoms in total. The maximum absolute atomic E-state index is 6.01.